The van der Waals surface area contributed by atoms with E-state index in [1.165, 1.54) is 0 Å². The van der Waals surface area contributed by atoms with Gasteiger partial charge in [0.1, 0.15) is 6.04 Å². The van der Waals surface area contributed by atoms with Gasteiger partial charge in [-0.15, -0.1) is 0 Å². The Morgan fingerprint density at radius 2 is 2.00 bits per heavy atom. The van der Waals surface area contributed by atoms with Crippen LogP contribution in [0.5, 0.6) is 0 Å². The van der Waals surface area contributed by atoms with Crippen LogP contribution in [0.25, 0.3) is 0 Å². The van der Waals surface area contributed by atoms with Gasteiger partial charge >= 0.3 is 11.9 Å². The Kier molecular flexibility index (Phi) is 6.60. The Morgan fingerprint density at radius 3 is 2.58 bits per heavy atom. The minimum atomic E-state index is -0.992. The molecule has 0 aliphatic rings. The molecule has 0 radical (unpaired) electrons. The largest absolute Gasteiger partial charge is 0.480 e. The molecular formula is C14H19NO4. The van der Waals surface area contributed by atoms with Crippen LogP contribution in [-0.2, 0) is 20.7 Å². The van der Waals surface area contributed by atoms with Crippen LogP contribution < -0.4 is 5.32 Å². The lowest BCUT2D eigenvalue weighted by Crippen LogP contribution is -2.41. The van der Waals surface area contributed by atoms with E-state index in [1.807, 2.05) is 30.3 Å². The summed E-state index contributed by atoms with van der Waals surface area (Å²) < 4.78 is 4.93. The molecule has 5 heteroatoms. The summed E-state index contributed by atoms with van der Waals surface area (Å²) in [6.45, 7) is 1.76. The SMILES string of the molecule is CCOC(=O)[C@H](CCc1ccccc1)NCC(=O)O. The number of esters is 1. The average Bonchev–Trinajstić information content (AvgIpc) is 2.40. The number of carboxylic acid groups (broad SMARTS) is 1. The second-order valence-corrected chi connectivity index (χ2v) is 4.10. The maximum Gasteiger partial charge on any atom is 0.323 e. The molecule has 0 heterocycles. The minimum Gasteiger partial charge on any atom is -0.480 e. The zero-order chi connectivity index (χ0) is 14.1. The number of rotatable bonds is 8. The number of nitrogens with one attached hydrogen (secondary N) is 1. The van der Waals surface area contributed by atoms with E-state index in [0.717, 1.165) is 5.56 Å². The number of hydrogen-bond acceptors (Lipinski definition) is 4. The standard InChI is InChI=1S/C14H19NO4/c1-2-19-14(18)12(15-10-13(16)17)9-8-11-6-4-3-5-7-11/h3-7,12,15H,2,8-10H2,1H3,(H,16,17)/t12-/m0/s1. The highest BCUT2D eigenvalue weighted by molar-refractivity contribution is 5.77. The molecule has 104 valence electrons. The summed E-state index contributed by atoms with van der Waals surface area (Å²) in [5.74, 6) is -1.39. The van der Waals surface area contributed by atoms with E-state index in [-0.39, 0.29) is 13.2 Å². The first kappa shape index (κ1) is 15.2. The molecule has 5 nitrogen and oxygen atoms in total. The third kappa shape index (κ3) is 6.01. The van der Waals surface area contributed by atoms with Crippen molar-refractivity contribution in [3.63, 3.8) is 0 Å². The topological polar surface area (TPSA) is 75.6 Å². The molecule has 0 bridgehead atoms. The van der Waals surface area contributed by atoms with Crippen LogP contribution in [0.1, 0.15) is 18.9 Å². The molecule has 0 aliphatic carbocycles. The molecule has 1 aromatic rings. The summed E-state index contributed by atoms with van der Waals surface area (Å²) in [5, 5.41) is 11.3. The van der Waals surface area contributed by atoms with Gasteiger partial charge in [-0.2, -0.15) is 0 Å². The van der Waals surface area contributed by atoms with Crippen molar-refractivity contribution in [2.45, 2.75) is 25.8 Å². The van der Waals surface area contributed by atoms with Crippen molar-refractivity contribution in [2.24, 2.45) is 0 Å². The molecule has 19 heavy (non-hydrogen) atoms. The van der Waals surface area contributed by atoms with E-state index in [0.29, 0.717) is 12.8 Å². The summed E-state index contributed by atoms with van der Waals surface area (Å²) in [4.78, 5) is 22.2. The van der Waals surface area contributed by atoms with Gasteiger partial charge in [-0.1, -0.05) is 30.3 Å². The molecule has 2 N–H and O–H groups in total. The van der Waals surface area contributed by atoms with Crippen LogP contribution in [0.15, 0.2) is 30.3 Å². The first-order valence-corrected chi connectivity index (χ1v) is 6.29. The van der Waals surface area contributed by atoms with Crippen molar-refractivity contribution in [1.82, 2.24) is 5.32 Å². The zero-order valence-corrected chi connectivity index (χ0v) is 11.0. The number of ether oxygens (including phenoxy) is 1. The number of benzene rings is 1. The molecular weight excluding hydrogens is 246 g/mol. The van der Waals surface area contributed by atoms with E-state index >= 15 is 0 Å². The lowest BCUT2D eigenvalue weighted by atomic mass is 10.1. The summed E-state index contributed by atoms with van der Waals surface area (Å²) in [6, 6.07) is 9.14. The van der Waals surface area contributed by atoms with E-state index in [1.54, 1.807) is 6.92 Å². The molecule has 0 saturated heterocycles. The molecule has 1 aromatic carbocycles. The van der Waals surface area contributed by atoms with Crippen LogP contribution in [0, 0.1) is 0 Å². The molecule has 1 atom stereocenters. The van der Waals surface area contributed by atoms with Crippen molar-refractivity contribution in [3.8, 4) is 0 Å². The highest BCUT2D eigenvalue weighted by Gasteiger charge is 2.19. The average molecular weight is 265 g/mol. The molecule has 0 amide bonds. The second-order valence-electron chi connectivity index (χ2n) is 4.10. The summed E-state index contributed by atoms with van der Waals surface area (Å²) >= 11 is 0. The summed E-state index contributed by atoms with van der Waals surface area (Å²) in [7, 11) is 0. The lowest BCUT2D eigenvalue weighted by Gasteiger charge is -2.16. The molecule has 0 aromatic heterocycles. The maximum atomic E-state index is 11.7. The molecule has 0 spiro atoms. The highest BCUT2D eigenvalue weighted by Crippen LogP contribution is 2.06. The first-order valence-electron chi connectivity index (χ1n) is 6.29. The van der Waals surface area contributed by atoms with Crippen molar-refractivity contribution >= 4 is 11.9 Å². The Balaban J connectivity index is 2.52. The van der Waals surface area contributed by atoms with Crippen LogP contribution >= 0.6 is 0 Å². The quantitative estimate of drug-likeness (QED) is 0.691. The zero-order valence-electron chi connectivity index (χ0n) is 11.0. The number of hydrogen-bond donors (Lipinski definition) is 2. The van der Waals surface area contributed by atoms with Gasteiger partial charge in [-0.3, -0.25) is 14.9 Å². The monoisotopic (exact) mass is 265 g/mol. The van der Waals surface area contributed by atoms with Crippen LogP contribution in [0.4, 0.5) is 0 Å². The van der Waals surface area contributed by atoms with E-state index in [9.17, 15) is 9.59 Å². The molecule has 0 saturated carbocycles. The normalized spacial score (nSPS) is 11.8. The van der Waals surface area contributed by atoms with Gasteiger partial charge in [0.15, 0.2) is 0 Å². The summed E-state index contributed by atoms with van der Waals surface area (Å²) in [6.07, 6.45) is 1.20. The van der Waals surface area contributed by atoms with E-state index in [2.05, 4.69) is 5.32 Å². The maximum absolute atomic E-state index is 11.7. The number of carbonyl (C=O) groups excluding carboxylic acids is 1. The Hall–Kier alpha value is -1.88. The van der Waals surface area contributed by atoms with E-state index < -0.39 is 18.0 Å². The van der Waals surface area contributed by atoms with Crippen molar-refractivity contribution in [2.75, 3.05) is 13.2 Å². The number of aryl methyl sites for hydroxylation is 1. The Bertz CT molecular complexity index is 405. The highest BCUT2D eigenvalue weighted by atomic mass is 16.5. The number of carboxylic acids is 1. The molecule has 0 fully saturated rings. The van der Waals surface area contributed by atoms with Gasteiger partial charge in [-0.25, -0.2) is 0 Å². The fourth-order valence-corrected chi connectivity index (χ4v) is 1.71. The lowest BCUT2D eigenvalue weighted by molar-refractivity contribution is -0.146. The second kappa shape index (κ2) is 8.26. The molecule has 1 rings (SSSR count). The van der Waals surface area contributed by atoms with Crippen LogP contribution in [-0.4, -0.2) is 36.2 Å². The molecule has 0 unspecified atom stereocenters. The third-order valence-corrected chi connectivity index (χ3v) is 2.64. The van der Waals surface area contributed by atoms with Crippen molar-refractivity contribution < 1.29 is 19.4 Å². The van der Waals surface area contributed by atoms with E-state index in [4.69, 9.17) is 9.84 Å². The van der Waals surface area contributed by atoms with Crippen LogP contribution in [0.2, 0.25) is 0 Å². The van der Waals surface area contributed by atoms with Gasteiger partial charge in [0.2, 0.25) is 0 Å². The third-order valence-electron chi connectivity index (χ3n) is 2.64. The van der Waals surface area contributed by atoms with Crippen molar-refractivity contribution in [1.29, 1.82) is 0 Å². The predicted octanol–water partition coefficient (Wildman–Crippen LogP) is 1.23. The first-order chi connectivity index (χ1) is 9.13. The Labute approximate surface area is 112 Å². The van der Waals surface area contributed by atoms with Crippen LogP contribution in [0.3, 0.4) is 0 Å². The van der Waals surface area contributed by atoms with Gasteiger partial charge in [0, 0.05) is 0 Å². The number of aliphatic carboxylic acids is 1. The fraction of sp³-hybridized carbons (Fsp3) is 0.429. The van der Waals surface area contributed by atoms with Crippen molar-refractivity contribution in [3.05, 3.63) is 35.9 Å². The summed E-state index contributed by atoms with van der Waals surface area (Å²) in [5.41, 5.74) is 1.11. The van der Waals surface area contributed by atoms with Gasteiger partial charge in [-0.05, 0) is 25.3 Å². The van der Waals surface area contributed by atoms with Gasteiger partial charge in [0.05, 0.1) is 13.2 Å². The molecule has 0 aliphatic heterocycles. The minimum absolute atomic E-state index is 0.252. The Morgan fingerprint density at radius 1 is 1.32 bits per heavy atom. The van der Waals surface area contributed by atoms with Gasteiger partial charge < -0.3 is 9.84 Å². The fourth-order valence-electron chi connectivity index (χ4n) is 1.71. The predicted molar refractivity (Wildman–Crippen MR) is 70.8 cm³/mol. The number of carbonyl (C=O) groups is 2. The van der Waals surface area contributed by atoms with Gasteiger partial charge in [0.25, 0.3) is 0 Å². The smallest absolute Gasteiger partial charge is 0.323 e.